The van der Waals surface area contributed by atoms with Gasteiger partial charge in [0.25, 0.3) is 0 Å². The number of aliphatic hydroxyl groups is 3. The summed E-state index contributed by atoms with van der Waals surface area (Å²) in [7, 11) is 0. The first-order valence-corrected chi connectivity index (χ1v) is 4.83. The Bertz CT molecular complexity index is 320. The third-order valence-electron chi connectivity index (χ3n) is 2.37. The molecule has 0 atom stereocenters. The molecule has 82 valence electrons. The van der Waals surface area contributed by atoms with Crippen LogP contribution in [0, 0.1) is 0 Å². The zero-order valence-corrected chi connectivity index (χ0v) is 8.61. The van der Waals surface area contributed by atoms with Crippen molar-refractivity contribution in [1.29, 1.82) is 0 Å². The van der Waals surface area contributed by atoms with E-state index in [1.54, 1.807) is 18.2 Å². The molecule has 3 N–H and O–H groups in total. The van der Waals surface area contributed by atoms with Crippen LogP contribution < -0.4 is 0 Å². The number of allylic oxidation sites excluding steroid dienone is 1. The number of benzene rings is 1. The van der Waals surface area contributed by atoms with Crippen molar-refractivity contribution in [3.05, 3.63) is 47.0 Å². The van der Waals surface area contributed by atoms with E-state index >= 15 is 0 Å². The summed E-state index contributed by atoms with van der Waals surface area (Å²) in [6.07, 6.45) is 2.34. The second-order valence-corrected chi connectivity index (χ2v) is 3.36. The van der Waals surface area contributed by atoms with Crippen molar-refractivity contribution in [1.82, 2.24) is 0 Å². The Kier molecular flexibility index (Phi) is 4.49. The van der Waals surface area contributed by atoms with Gasteiger partial charge in [-0.1, -0.05) is 18.2 Å². The Hall–Kier alpha value is -1.16. The molecule has 3 nitrogen and oxygen atoms in total. The molecular weight excluding hydrogens is 192 g/mol. The lowest BCUT2D eigenvalue weighted by Gasteiger charge is -2.12. The summed E-state index contributed by atoms with van der Waals surface area (Å²) >= 11 is 0. The molecular formula is C12H16O3. The largest absolute Gasteiger partial charge is 0.392 e. The summed E-state index contributed by atoms with van der Waals surface area (Å²) in [5.41, 5.74) is 3.08. The lowest BCUT2D eigenvalue weighted by molar-refractivity contribution is 0.267. The van der Waals surface area contributed by atoms with E-state index in [1.165, 1.54) is 0 Å². The van der Waals surface area contributed by atoms with E-state index in [2.05, 4.69) is 6.58 Å². The van der Waals surface area contributed by atoms with Crippen LogP contribution in [0.25, 0.3) is 0 Å². The van der Waals surface area contributed by atoms with Gasteiger partial charge in [0.1, 0.15) is 0 Å². The van der Waals surface area contributed by atoms with Gasteiger partial charge < -0.3 is 15.3 Å². The van der Waals surface area contributed by atoms with Gasteiger partial charge in [0, 0.05) is 0 Å². The van der Waals surface area contributed by atoms with E-state index in [0.29, 0.717) is 12.0 Å². The van der Waals surface area contributed by atoms with E-state index in [4.69, 9.17) is 5.11 Å². The molecule has 0 radical (unpaired) electrons. The van der Waals surface area contributed by atoms with Crippen LogP contribution in [0.2, 0.25) is 0 Å². The van der Waals surface area contributed by atoms with Gasteiger partial charge in [0.05, 0.1) is 19.8 Å². The molecule has 1 aromatic rings. The van der Waals surface area contributed by atoms with Gasteiger partial charge in [-0.05, 0) is 28.7 Å². The highest BCUT2D eigenvalue weighted by Gasteiger charge is 2.08. The zero-order valence-electron chi connectivity index (χ0n) is 8.61. The van der Waals surface area contributed by atoms with Gasteiger partial charge in [-0.15, -0.1) is 6.58 Å². The van der Waals surface area contributed by atoms with Crippen LogP contribution in [0.1, 0.15) is 22.3 Å². The van der Waals surface area contributed by atoms with E-state index in [0.717, 1.165) is 16.7 Å². The normalized spacial score (nSPS) is 10.3. The minimum absolute atomic E-state index is 0.0889. The number of rotatable bonds is 5. The Morgan fingerprint density at radius 2 is 1.53 bits per heavy atom. The van der Waals surface area contributed by atoms with Gasteiger partial charge >= 0.3 is 0 Å². The van der Waals surface area contributed by atoms with Crippen molar-refractivity contribution in [2.45, 2.75) is 26.2 Å². The molecule has 0 saturated carbocycles. The molecule has 15 heavy (non-hydrogen) atoms. The molecule has 0 aliphatic carbocycles. The summed E-state index contributed by atoms with van der Waals surface area (Å²) in [5.74, 6) is 0. The number of aliphatic hydroxyl groups excluding tert-OH is 3. The van der Waals surface area contributed by atoms with E-state index in [9.17, 15) is 10.2 Å². The maximum atomic E-state index is 9.19. The molecule has 3 heteroatoms. The quantitative estimate of drug-likeness (QED) is 0.630. The average Bonchev–Trinajstić information content (AvgIpc) is 2.29. The predicted octanol–water partition coefficient (Wildman–Crippen LogP) is 0.892. The van der Waals surface area contributed by atoms with Crippen LogP contribution in [0.4, 0.5) is 0 Å². The summed E-state index contributed by atoms with van der Waals surface area (Å²) < 4.78 is 0. The molecule has 0 bridgehead atoms. The Morgan fingerprint density at radius 3 is 1.87 bits per heavy atom. The van der Waals surface area contributed by atoms with Crippen molar-refractivity contribution >= 4 is 0 Å². The SMILES string of the molecule is C=CCc1c(CO)cc(CO)cc1CO. The number of hydrogen-bond donors (Lipinski definition) is 3. The second kappa shape index (κ2) is 5.66. The molecule has 0 aliphatic heterocycles. The van der Waals surface area contributed by atoms with Crippen LogP contribution in [-0.2, 0) is 26.2 Å². The summed E-state index contributed by atoms with van der Waals surface area (Å²) in [4.78, 5) is 0. The first-order valence-electron chi connectivity index (χ1n) is 4.83. The highest BCUT2D eigenvalue weighted by Crippen LogP contribution is 2.19. The van der Waals surface area contributed by atoms with Crippen LogP contribution in [0.15, 0.2) is 24.8 Å². The molecule has 0 heterocycles. The van der Waals surface area contributed by atoms with Crippen molar-refractivity contribution < 1.29 is 15.3 Å². The highest BCUT2D eigenvalue weighted by molar-refractivity contribution is 5.39. The molecule has 1 aromatic carbocycles. The van der Waals surface area contributed by atoms with Gasteiger partial charge in [0.15, 0.2) is 0 Å². The van der Waals surface area contributed by atoms with Gasteiger partial charge in [-0.3, -0.25) is 0 Å². The molecule has 0 saturated heterocycles. The minimum Gasteiger partial charge on any atom is -0.392 e. The summed E-state index contributed by atoms with van der Waals surface area (Å²) in [6.45, 7) is 3.36. The van der Waals surface area contributed by atoms with E-state index < -0.39 is 0 Å². The van der Waals surface area contributed by atoms with E-state index in [1.807, 2.05) is 0 Å². The third kappa shape index (κ3) is 2.65. The standard InChI is InChI=1S/C12H16O3/c1-2-3-12-10(7-14)4-9(6-13)5-11(12)8-15/h2,4-5,13-15H,1,3,6-8H2. The Morgan fingerprint density at radius 1 is 1.00 bits per heavy atom. The maximum Gasteiger partial charge on any atom is 0.0684 e. The minimum atomic E-state index is -0.0932. The van der Waals surface area contributed by atoms with Gasteiger partial charge in [-0.25, -0.2) is 0 Å². The monoisotopic (exact) mass is 208 g/mol. The zero-order chi connectivity index (χ0) is 11.3. The maximum absolute atomic E-state index is 9.19. The van der Waals surface area contributed by atoms with Crippen molar-refractivity contribution in [2.24, 2.45) is 0 Å². The molecule has 0 unspecified atom stereocenters. The third-order valence-corrected chi connectivity index (χ3v) is 2.37. The molecule has 0 amide bonds. The fourth-order valence-electron chi connectivity index (χ4n) is 1.65. The van der Waals surface area contributed by atoms with Crippen LogP contribution >= 0.6 is 0 Å². The lowest BCUT2D eigenvalue weighted by atomic mass is 9.96. The van der Waals surface area contributed by atoms with Crippen molar-refractivity contribution in [3.63, 3.8) is 0 Å². The lowest BCUT2D eigenvalue weighted by Crippen LogP contribution is -2.02. The second-order valence-electron chi connectivity index (χ2n) is 3.36. The van der Waals surface area contributed by atoms with E-state index in [-0.39, 0.29) is 19.8 Å². The van der Waals surface area contributed by atoms with Crippen LogP contribution in [0.3, 0.4) is 0 Å². The van der Waals surface area contributed by atoms with Crippen LogP contribution in [-0.4, -0.2) is 15.3 Å². The first kappa shape index (κ1) is 11.9. The van der Waals surface area contributed by atoms with Crippen molar-refractivity contribution in [3.8, 4) is 0 Å². The summed E-state index contributed by atoms with van der Waals surface area (Å²) in [6, 6.07) is 3.50. The Labute approximate surface area is 89.3 Å². The first-order chi connectivity index (χ1) is 7.26. The highest BCUT2D eigenvalue weighted by atomic mass is 16.3. The Balaban J connectivity index is 3.25. The molecule has 0 fully saturated rings. The van der Waals surface area contributed by atoms with Gasteiger partial charge in [-0.2, -0.15) is 0 Å². The van der Waals surface area contributed by atoms with Crippen LogP contribution in [0.5, 0.6) is 0 Å². The fraction of sp³-hybridized carbons (Fsp3) is 0.333. The number of hydrogen-bond acceptors (Lipinski definition) is 3. The molecule has 1 rings (SSSR count). The molecule has 0 aromatic heterocycles. The van der Waals surface area contributed by atoms with Gasteiger partial charge in [0.2, 0.25) is 0 Å². The van der Waals surface area contributed by atoms with Crippen molar-refractivity contribution in [2.75, 3.05) is 0 Å². The molecule has 0 aliphatic rings. The molecule has 0 spiro atoms. The fourth-order valence-corrected chi connectivity index (χ4v) is 1.65. The topological polar surface area (TPSA) is 60.7 Å². The predicted molar refractivity (Wildman–Crippen MR) is 58.1 cm³/mol. The summed E-state index contributed by atoms with van der Waals surface area (Å²) in [5, 5.41) is 27.4. The smallest absolute Gasteiger partial charge is 0.0684 e. The average molecular weight is 208 g/mol.